The van der Waals surface area contributed by atoms with E-state index in [0.29, 0.717) is 19.8 Å². The summed E-state index contributed by atoms with van der Waals surface area (Å²) in [7, 11) is 1.93. The summed E-state index contributed by atoms with van der Waals surface area (Å²) in [5.74, 6) is 1.24. The smallest absolute Gasteiger partial charge is 0.228 e. The summed E-state index contributed by atoms with van der Waals surface area (Å²) >= 11 is 0. The van der Waals surface area contributed by atoms with Crippen molar-refractivity contribution in [3.05, 3.63) is 36.2 Å². The van der Waals surface area contributed by atoms with E-state index in [1.54, 1.807) is 0 Å². The molecule has 3 aliphatic rings. The van der Waals surface area contributed by atoms with Gasteiger partial charge in [-0.15, -0.1) is 0 Å². The Morgan fingerprint density at radius 3 is 3.04 bits per heavy atom. The number of benzene rings is 1. The Morgan fingerprint density at radius 2 is 2.27 bits per heavy atom. The van der Waals surface area contributed by atoms with Gasteiger partial charge in [-0.2, -0.15) is 5.10 Å². The van der Waals surface area contributed by atoms with Gasteiger partial charge in [0.1, 0.15) is 5.75 Å². The van der Waals surface area contributed by atoms with Crippen LogP contribution < -0.4 is 4.74 Å². The highest BCUT2D eigenvalue weighted by atomic mass is 16.5. The van der Waals surface area contributed by atoms with Crippen LogP contribution in [0.1, 0.15) is 18.4 Å². The maximum Gasteiger partial charge on any atom is 0.228 e. The van der Waals surface area contributed by atoms with Crippen molar-refractivity contribution >= 4 is 5.91 Å². The number of aryl methyl sites for hydroxylation is 1. The summed E-state index contributed by atoms with van der Waals surface area (Å²) in [6.45, 7) is 3.47. The molecule has 1 spiro atoms. The molecule has 0 radical (unpaired) electrons. The van der Waals surface area contributed by atoms with Crippen LogP contribution in [0, 0.1) is 5.92 Å². The molecule has 1 aromatic carbocycles. The van der Waals surface area contributed by atoms with Crippen molar-refractivity contribution in [1.29, 1.82) is 0 Å². The minimum Gasteiger partial charge on any atom is -0.492 e. The molecule has 1 aromatic heterocycles. The molecule has 3 aliphatic heterocycles. The van der Waals surface area contributed by atoms with Crippen LogP contribution in [0.5, 0.6) is 5.75 Å². The molecule has 136 valence electrons. The number of rotatable bonds is 2. The van der Waals surface area contributed by atoms with Crippen LogP contribution in [0.3, 0.4) is 0 Å². The summed E-state index contributed by atoms with van der Waals surface area (Å²) < 4.78 is 13.2. The van der Waals surface area contributed by atoms with Crippen molar-refractivity contribution < 1.29 is 14.3 Å². The van der Waals surface area contributed by atoms with Crippen LogP contribution >= 0.6 is 0 Å². The normalized spacial score (nSPS) is 27.1. The highest BCUT2D eigenvalue weighted by molar-refractivity contribution is 5.80. The van der Waals surface area contributed by atoms with E-state index in [0.717, 1.165) is 42.8 Å². The number of ether oxygens (including phenoxy) is 2. The van der Waals surface area contributed by atoms with Gasteiger partial charge in [-0.3, -0.25) is 9.48 Å². The molecule has 6 nitrogen and oxygen atoms in total. The zero-order valence-electron chi connectivity index (χ0n) is 15.0. The van der Waals surface area contributed by atoms with Crippen molar-refractivity contribution in [3.63, 3.8) is 0 Å². The quantitative estimate of drug-likeness (QED) is 0.829. The Hall–Kier alpha value is -2.34. The van der Waals surface area contributed by atoms with Gasteiger partial charge in [-0.05, 0) is 30.5 Å². The van der Waals surface area contributed by atoms with Crippen molar-refractivity contribution in [3.8, 4) is 16.9 Å². The van der Waals surface area contributed by atoms with E-state index < -0.39 is 0 Å². The van der Waals surface area contributed by atoms with E-state index >= 15 is 0 Å². The number of aromatic nitrogens is 2. The lowest BCUT2D eigenvalue weighted by molar-refractivity contribution is -0.134. The summed E-state index contributed by atoms with van der Waals surface area (Å²) in [4.78, 5) is 14.8. The van der Waals surface area contributed by atoms with E-state index in [1.165, 1.54) is 5.56 Å². The Balaban J connectivity index is 1.43. The standard InChI is InChI=1S/C20H23N3O3/c1-22-10-16(9-21-22)14-2-3-18-17(8-14)20(13-26-18)5-6-23(12-20)19(24)15-4-7-25-11-15/h2-3,8-10,15H,4-7,11-13H2,1H3. The molecular weight excluding hydrogens is 330 g/mol. The lowest BCUT2D eigenvalue weighted by Gasteiger charge is -2.24. The molecular formula is C20H23N3O3. The van der Waals surface area contributed by atoms with Gasteiger partial charge in [0.25, 0.3) is 0 Å². The topological polar surface area (TPSA) is 56.6 Å². The van der Waals surface area contributed by atoms with Gasteiger partial charge in [-0.1, -0.05) is 6.07 Å². The average Bonchev–Trinajstić information content (AvgIpc) is 3.43. The van der Waals surface area contributed by atoms with Gasteiger partial charge in [0, 0.05) is 44.1 Å². The molecule has 0 N–H and O–H groups in total. The summed E-state index contributed by atoms with van der Waals surface area (Å²) in [5, 5.41) is 4.28. The van der Waals surface area contributed by atoms with E-state index in [2.05, 4.69) is 23.3 Å². The number of likely N-dealkylation sites (tertiary alicyclic amines) is 1. The van der Waals surface area contributed by atoms with E-state index in [1.807, 2.05) is 29.0 Å². The Labute approximate surface area is 152 Å². The molecule has 2 saturated heterocycles. The predicted molar refractivity (Wildman–Crippen MR) is 95.9 cm³/mol. The van der Waals surface area contributed by atoms with Crippen LogP contribution in [-0.4, -0.2) is 53.5 Å². The van der Waals surface area contributed by atoms with Crippen molar-refractivity contribution in [2.45, 2.75) is 18.3 Å². The van der Waals surface area contributed by atoms with Gasteiger partial charge < -0.3 is 14.4 Å². The van der Waals surface area contributed by atoms with Crippen LogP contribution in [-0.2, 0) is 22.0 Å². The Bertz CT molecular complexity index is 856. The molecule has 6 heteroatoms. The fourth-order valence-corrected chi connectivity index (χ4v) is 4.50. The summed E-state index contributed by atoms with van der Waals surface area (Å²) in [6, 6.07) is 6.37. The third-order valence-electron chi connectivity index (χ3n) is 6.04. The predicted octanol–water partition coefficient (Wildman–Crippen LogP) is 1.99. The SMILES string of the molecule is Cn1cc(-c2ccc3c(c2)C2(CCN(C(=O)C4CCOC4)C2)CO3)cn1. The first-order valence-corrected chi connectivity index (χ1v) is 9.28. The van der Waals surface area contributed by atoms with Crippen molar-refractivity contribution in [2.24, 2.45) is 13.0 Å². The highest BCUT2D eigenvalue weighted by Crippen LogP contribution is 2.46. The van der Waals surface area contributed by atoms with Crippen molar-refractivity contribution in [1.82, 2.24) is 14.7 Å². The number of amides is 1. The molecule has 0 bridgehead atoms. The zero-order valence-corrected chi connectivity index (χ0v) is 15.0. The second kappa shape index (κ2) is 5.84. The first-order valence-electron chi connectivity index (χ1n) is 9.28. The maximum atomic E-state index is 12.8. The van der Waals surface area contributed by atoms with E-state index in [4.69, 9.17) is 9.47 Å². The van der Waals surface area contributed by atoms with Gasteiger partial charge in [0.05, 0.1) is 30.7 Å². The molecule has 2 aromatic rings. The lowest BCUT2D eigenvalue weighted by Crippen LogP contribution is -2.38. The molecule has 1 amide bonds. The monoisotopic (exact) mass is 353 g/mol. The number of nitrogens with zero attached hydrogens (tertiary/aromatic N) is 3. The van der Waals surface area contributed by atoms with Crippen LogP contribution in [0.2, 0.25) is 0 Å². The largest absolute Gasteiger partial charge is 0.492 e. The third kappa shape index (κ3) is 2.43. The number of carbonyl (C=O) groups excluding carboxylic acids is 1. The molecule has 2 unspecified atom stereocenters. The lowest BCUT2D eigenvalue weighted by atomic mass is 9.81. The molecule has 2 fully saturated rings. The highest BCUT2D eigenvalue weighted by Gasteiger charge is 2.48. The van der Waals surface area contributed by atoms with Gasteiger partial charge in [0.2, 0.25) is 5.91 Å². The molecule has 0 aliphatic carbocycles. The van der Waals surface area contributed by atoms with Crippen LogP contribution in [0.25, 0.3) is 11.1 Å². The van der Waals surface area contributed by atoms with Gasteiger partial charge in [0.15, 0.2) is 0 Å². The Morgan fingerprint density at radius 1 is 1.35 bits per heavy atom. The summed E-state index contributed by atoms with van der Waals surface area (Å²) in [6.07, 6.45) is 5.71. The second-order valence-electron chi connectivity index (χ2n) is 7.75. The molecule has 0 saturated carbocycles. The zero-order chi connectivity index (χ0) is 17.7. The fourth-order valence-electron chi connectivity index (χ4n) is 4.50. The van der Waals surface area contributed by atoms with E-state index in [-0.39, 0.29) is 17.2 Å². The first kappa shape index (κ1) is 15.9. The summed E-state index contributed by atoms with van der Waals surface area (Å²) in [5.41, 5.74) is 3.40. The van der Waals surface area contributed by atoms with Gasteiger partial charge >= 0.3 is 0 Å². The van der Waals surface area contributed by atoms with Crippen molar-refractivity contribution in [2.75, 3.05) is 32.9 Å². The second-order valence-corrected chi connectivity index (χ2v) is 7.75. The number of hydrogen-bond acceptors (Lipinski definition) is 4. The van der Waals surface area contributed by atoms with E-state index in [9.17, 15) is 4.79 Å². The van der Waals surface area contributed by atoms with Crippen LogP contribution in [0.4, 0.5) is 0 Å². The molecule has 5 rings (SSSR count). The fraction of sp³-hybridized carbons (Fsp3) is 0.500. The van der Waals surface area contributed by atoms with Gasteiger partial charge in [-0.25, -0.2) is 0 Å². The minimum absolute atomic E-state index is 0.0358. The average molecular weight is 353 g/mol. The molecule has 26 heavy (non-hydrogen) atoms. The maximum absolute atomic E-state index is 12.8. The number of fused-ring (bicyclic) bond motifs is 2. The minimum atomic E-state index is -0.0807. The Kier molecular flexibility index (Phi) is 3.57. The number of hydrogen-bond donors (Lipinski definition) is 0. The first-order chi connectivity index (χ1) is 12.6. The number of carbonyl (C=O) groups is 1. The third-order valence-corrected chi connectivity index (χ3v) is 6.04. The molecule has 2 atom stereocenters. The molecule has 4 heterocycles. The van der Waals surface area contributed by atoms with Crippen LogP contribution in [0.15, 0.2) is 30.6 Å².